The number of benzene rings is 2. The highest BCUT2D eigenvalue weighted by molar-refractivity contribution is 7.80. The minimum atomic E-state index is -0.360. The van der Waals surface area contributed by atoms with Gasteiger partial charge in [0, 0.05) is 25.3 Å². The molecule has 0 bridgehead atoms. The van der Waals surface area contributed by atoms with Crippen LogP contribution >= 0.6 is 35.4 Å². The first-order valence-electron chi connectivity index (χ1n) is 11.8. The number of anilines is 1. The predicted octanol–water partition coefficient (Wildman–Crippen LogP) is 5.34. The maximum atomic E-state index is 13.2. The van der Waals surface area contributed by atoms with E-state index in [-0.39, 0.29) is 28.8 Å². The third kappa shape index (κ3) is 7.32. The Balaban J connectivity index is 1.55. The molecule has 0 saturated heterocycles. The normalized spacial score (nSPS) is 15.2. The lowest BCUT2D eigenvalue weighted by atomic mass is 9.81. The van der Waals surface area contributed by atoms with Crippen molar-refractivity contribution in [2.24, 2.45) is 5.41 Å². The number of hydrogen-bond acceptors (Lipinski definition) is 3. The molecule has 0 aromatic heterocycles. The van der Waals surface area contributed by atoms with E-state index in [1.807, 2.05) is 31.2 Å². The van der Waals surface area contributed by atoms with E-state index in [0.29, 0.717) is 33.8 Å². The van der Waals surface area contributed by atoms with Gasteiger partial charge in [-0.3, -0.25) is 9.59 Å². The largest absolute Gasteiger partial charge is 0.366 e. The number of rotatable bonds is 9. The number of amides is 2. The maximum Gasteiger partial charge on any atom is 0.258 e. The van der Waals surface area contributed by atoms with Crippen LogP contribution in [-0.4, -0.2) is 36.6 Å². The summed E-state index contributed by atoms with van der Waals surface area (Å²) >= 11 is 17.4. The van der Waals surface area contributed by atoms with Gasteiger partial charge in [-0.1, -0.05) is 54.2 Å². The number of halogens is 2. The van der Waals surface area contributed by atoms with Crippen LogP contribution in [0, 0.1) is 5.41 Å². The van der Waals surface area contributed by atoms with Gasteiger partial charge in [-0.05, 0) is 74.7 Å². The van der Waals surface area contributed by atoms with Crippen molar-refractivity contribution in [3.63, 3.8) is 0 Å². The van der Waals surface area contributed by atoms with Gasteiger partial charge in [0.25, 0.3) is 5.91 Å². The lowest BCUT2D eigenvalue weighted by molar-refractivity contribution is -0.131. The Bertz CT molecular complexity index is 1040. The van der Waals surface area contributed by atoms with E-state index in [2.05, 4.69) is 21.3 Å². The van der Waals surface area contributed by atoms with Crippen LogP contribution in [0.25, 0.3) is 0 Å². The van der Waals surface area contributed by atoms with Gasteiger partial charge in [-0.25, -0.2) is 0 Å². The molecule has 6 nitrogen and oxygen atoms in total. The molecule has 0 aliphatic heterocycles. The number of hydrogen-bond donors (Lipinski definition) is 4. The average Bonchev–Trinajstić information content (AvgIpc) is 3.30. The second-order valence-corrected chi connectivity index (χ2v) is 10.3. The van der Waals surface area contributed by atoms with Gasteiger partial charge in [-0.15, -0.1) is 0 Å². The van der Waals surface area contributed by atoms with Gasteiger partial charge in [0.2, 0.25) is 5.91 Å². The second-order valence-electron chi connectivity index (χ2n) is 9.07. The molecule has 3 rings (SSSR count). The molecule has 2 aromatic rings. The highest BCUT2D eigenvalue weighted by atomic mass is 35.5. The Labute approximate surface area is 222 Å². The quantitative estimate of drug-likeness (QED) is 0.326. The van der Waals surface area contributed by atoms with E-state index in [4.69, 9.17) is 35.4 Å². The van der Waals surface area contributed by atoms with Crippen LogP contribution in [0.5, 0.6) is 0 Å². The van der Waals surface area contributed by atoms with Crippen LogP contribution in [0.2, 0.25) is 10.0 Å². The van der Waals surface area contributed by atoms with Crippen LogP contribution in [0.3, 0.4) is 0 Å². The van der Waals surface area contributed by atoms with Crippen LogP contribution in [0.15, 0.2) is 42.5 Å². The molecule has 2 aromatic carbocycles. The molecule has 2 amide bonds. The molecule has 1 unspecified atom stereocenters. The van der Waals surface area contributed by atoms with Crippen molar-refractivity contribution in [1.29, 1.82) is 0 Å². The second kappa shape index (κ2) is 12.6. The molecule has 188 valence electrons. The van der Waals surface area contributed by atoms with E-state index in [1.54, 1.807) is 25.2 Å². The van der Waals surface area contributed by atoms with Crippen LogP contribution in [0.1, 0.15) is 54.9 Å². The van der Waals surface area contributed by atoms with Crippen molar-refractivity contribution in [1.82, 2.24) is 16.0 Å². The van der Waals surface area contributed by atoms with Gasteiger partial charge < -0.3 is 21.3 Å². The van der Waals surface area contributed by atoms with E-state index >= 15 is 0 Å². The van der Waals surface area contributed by atoms with Crippen LogP contribution in [-0.2, 0) is 11.2 Å². The molecule has 1 atom stereocenters. The Morgan fingerprint density at radius 1 is 1.06 bits per heavy atom. The van der Waals surface area contributed by atoms with Crippen molar-refractivity contribution in [3.05, 3.63) is 63.6 Å². The highest BCUT2D eigenvalue weighted by Crippen LogP contribution is 2.41. The molecule has 1 aliphatic carbocycles. The first-order chi connectivity index (χ1) is 16.7. The molecule has 0 spiro atoms. The molecule has 1 saturated carbocycles. The van der Waals surface area contributed by atoms with Crippen molar-refractivity contribution >= 4 is 58.0 Å². The van der Waals surface area contributed by atoms with E-state index in [0.717, 1.165) is 37.7 Å². The summed E-state index contributed by atoms with van der Waals surface area (Å²) in [6.45, 7) is 2.69. The standard InChI is InChI=1S/C26H32Cl2N4O2S/c1-17(31-24(34)26(12-3-4-13-26)14-15-30-25(35)29-2)16-18-8-10-19(11-9-18)32-23(33)22-20(27)6-5-7-21(22)28/h5-11,17H,3-4,12-16H2,1-2H3,(H,31,34)(H,32,33)(H2,29,30,35). The Hall–Kier alpha value is -2.35. The summed E-state index contributed by atoms with van der Waals surface area (Å²) in [5.41, 5.74) is 1.62. The molecular formula is C26H32Cl2N4O2S. The van der Waals surface area contributed by atoms with E-state index in [1.165, 1.54) is 0 Å². The van der Waals surface area contributed by atoms with Gasteiger partial charge in [0.05, 0.1) is 21.0 Å². The molecule has 35 heavy (non-hydrogen) atoms. The van der Waals surface area contributed by atoms with Crippen LogP contribution in [0.4, 0.5) is 5.69 Å². The van der Waals surface area contributed by atoms with E-state index < -0.39 is 0 Å². The topological polar surface area (TPSA) is 82.3 Å². The monoisotopic (exact) mass is 534 g/mol. The Morgan fingerprint density at radius 3 is 2.29 bits per heavy atom. The van der Waals surface area contributed by atoms with Gasteiger partial charge >= 0.3 is 0 Å². The van der Waals surface area contributed by atoms with Gasteiger partial charge in [0.1, 0.15) is 0 Å². The van der Waals surface area contributed by atoms with Crippen molar-refractivity contribution < 1.29 is 9.59 Å². The molecular weight excluding hydrogens is 503 g/mol. The summed E-state index contributed by atoms with van der Waals surface area (Å²) in [4.78, 5) is 25.8. The zero-order valence-electron chi connectivity index (χ0n) is 20.0. The SMILES string of the molecule is CNC(=S)NCCC1(C(=O)NC(C)Cc2ccc(NC(=O)c3c(Cl)cccc3Cl)cc2)CCCC1. The lowest BCUT2D eigenvalue weighted by Crippen LogP contribution is -2.46. The Kier molecular flexibility index (Phi) is 9.78. The first-order valence-corrected chi connectivity index (χ1v) is 13.0. The molecule has 1 aliphatic rings. The molecule has 0 radical (unpaired) electrons. The maximum absolute atomic E-state index is 13.2. The fraction of sp³-hybridized carbons (Fsp3) is 0.423. The summed E-state index contributed by atoms with van der Waals surface area (Å²) in [6, 6.07) is 12.5. The van der Waals surface area contributed by atoms with Crippen molar-refractivity contribution in [2.75, 3.05) is 18.9 Å². The molecule has 9 heteroatoms. The zero-order chi connectivity index (χ0) is 25.4. The number of carbonyl (C=O) groups excluding carboxylic acids is 2. The fourth-order valence-corrected chi connectivity index (χ4v) is 5.23. The molecule has 0 heterocycles. The minimum Gasteiger partial charge on any atom is -0.366 e. The summed E-state index contributed by atoms with van der Waals surface area (Å²) < 4.78 is 0. The zero-order valence-corrected chi connectivity index (χ0v) is 22.4. The predicted molar refractivity (Wildman–Crippen MR) is 147 cm³/mol. The fourth-order valence-electron chi connectivity index (χ4n) is 4.56. The summed E-state index contributed by atoms with van der Waals surface area (Å²) in [6.07, 6.45) is 5.41. The summed E-state index contributed by atoms with van der Waals surface area (Å²) in [7, 11) is 1.78. The first kappa shape index (κ1) is 27.2. The lowest BCUT2D eigenvalue weighted by Gasteiger charge is -2.30. The molecule has 1 fully saturated rings. The van der Waals surface area contributed by atoms with Crippen molar-refractivity contribution in [3.8, 4) is 0 Å². The Morgan fingerprint density at radius 2 is 1.69 bits per heavy atom. The number of nitrogens with one attached hydrogen (secondary N) is 4. The highest BCUT2D eigenvalue weighted by Gasteiger charge is 2.40. The molecule has 4 N–H and O–H groups in total. The van der Waals surface area contributed by atoms with Crippen molar-refractivity contribution in [2.45, 2.75) is 51.5 Å². The smallest absolute Gasteiger partial charge is 0.258 e. The van der Waals surface area contributed by atoms with E-state index in [9.17, 15) is 9.59 Å². The summed E-state index contributed by atoms with van der Waals surface area (Å²) in [5, 5.41) is 13.3. The average molecular weight is 536 g/mol. The number of thiocarbonyl (C=S) groups is 1. The third-order valence-corrected chi connectivity index (χ3v) is 7.46. The van der Waals surface area contributed by atoms with Gasteiger partial charge in [0.15, 0.2) is 5.11 Å². The third-order valence-electron chi connectivity index (χ3n) is 6.48. The minimum absolute atomic E-state index is 0.0197. The summed E-state index contributed by atoms with van der Waals surface area (Å²) in [5.74, 6) is -0.235. The van der Waals surface area contributed by atoms with Gasteiger partial charge in [-0.2, -0.15) is 0 Å². The van der Waals surface area contributed by atoms with Crippen LogP contribution < -0.4 is 21.3 Å². The number of carbonyl (C=O) groups is 2.